The van der Waals surface area contributed by atoms with Crippen LogP contribution in [0.3, 0.4) is 0 Å². The van der Waals surface area contributed by atoms with E-state index in [9.17, 15) is 4.79 Å². The molecule has 4 saturated carbocycles. The minimum absolute atomic E-state index is 0.192. The number of nitrogens with two attached hydrogens (primary N) is 1. The normalized spacial score (nSPS) is 40.4. The average molecular weight is 420 g/mol. The van der Waals surface area contributed by atoms with Gasteiger partial charge in [-0.3, -0.25) is 14.1 Å². The predicted octanol–water partition coefficient (Wildman–Crippen LogP) is 3.41. The molecule has 6 heteroatoms. The van der Waals surface area contributed by atoms with Gasteiger partial charge in [-0.2, -0.15) is 0 Å². The maximum Gasteiger partial charge on any atom is 0.226 e. The monoisotopic (exact) mass is 419 g/mol. The van der Waals surface area contributed by atoms with E-state index in [1.165, 1.54) is 38.5 Å². The number of imidazole rings is 1. The second-order valence-corrected chi connectivity index (χ2v) is 11.5. The highest BCUT2D eigenvalue weighted by atomic mass is 16.1. The van der Waals surface area contributed by atoms with Crippen LogP contribution < -0.4 is 11.1 Å². The minimum Gasteiger partial charge on any atom is -0.326 e. The van der Waals surface area contributed by atoms with Crippen LogP contribution in [0.25, 0.3) is 5.65 Å². The first-order valence-corrected chi connectivity index (χ1v) is 12.3. The Kier molecular flexibility index (Phi) is 3.80. The van der Waals surface area contributed by atoms with E-state index >= 15 is 0 Å². The van der Waals surface area contributed by atoms with Crippen molar-refractivity contribution < 1.29 is 4.79 Å². The zero-order chi connectivity index (χ0) is 20.8. The van der Waals surface area contributed by atoms with Crippen LogP contribution in [0.5, 0.6) is 0 Å². The van der Waals surface area contributed by atoms with E-state index in [0.29, 0.717) is 17.3 Å². The molecule has 3 bridgehead atoms. The van der Waals surface area contributed by atoms with Crippen molar-refractivity contribution in [1.29, 1.82) is 0 Å². The molecule has 31 heavy (non-hydrogen) atoms. The number of carbonyl (C=O) groups is 1. The third-order valence-corrected chi connectivity index (χ3v) is 9.75. The van der Waals surface area contributed by atoms with Crippen LogP contribution in [0.2, 0.25) is 0 Å². The summed E-state index contributed by atoms with van der Waals surface area (Å²) in [6.07, 6.45) is 12.1. The van der Waals surface area contributed by atoms with Crippen molar-refractivity contribution in [3.8, 4) is 0 Å². The molecular formula is C25H33N5O. The Hall–Kier alpha value is -1.92. The number of amides is 1. The van der Waals surface area contributed by atoms with Crippen molar-refractivity contribution in [2.75, 3.05) is 18.4 Å². The van der Waals surface area contributed by atoms with Crippen LogP contribution in [0.1, 0.15) is 57.1 Å². The summed E-state index contributed by atoms with van der Waals surface area (Å²) in [5.74, 6) is 3.79. The van der Waals surface area contributed by atoms with Gasteiger partial charge in [-0.15, -0.1) is 0 Å². The summed E-state index contributed by atoms with van der Waals surface area (Å²) in [5, 5.41) is 3.26. The highest BCUT2D eigenvalue weighted by Crippen LogP contribution is 2.82. The zero-order valence-corrected chi connectivity index (χ0v) is 18.2. The molecule has 4 aliphatic carbocycles. The Balaban J connectivity index is 1.09. The quantitative estimate of drug-likeness (QED) is 0.779. The largest absolute Gasteiger partial charge is 0.326 e. The molecular weight excluding hydrogens is 386 g/mol. The first-order valence-electron chi connectivity index (χ1n) is 12.3. The third kappa shape index (κ3) is 2.64. The van der Waals surface area contributed by atoms with Gasteiger partial charge in [-0.1, -0.05) is 6.07 Å². The van der Waals surface area contributed by atoms with Gasteiger partial charge in [0.1, 0.15) is 11.5 Å². The minimum atomic E-state index is 0.192. The van der Waals surface area contributed by atoms with Crippen LogP contribution in [0, 0.1) is 28.6 Å². The summed E-state index contributed by atoms with van der Waals surface area (Å²) in [5.41, 5.74) is 8.80. The zero-order valence-electron chi connectivity index (χ0n) is 18.2. The first kappa shape index (κ1) is 18.6. The lowest BCUT2D eigenvalue weighted by atomic mass is 9.45. The number of nitrogens with one attached hydrogen (secondary N) is 1. The van der Waals surface area contributed by atoms with E-state index < -0.39 is 0 Å². The third-order valence-electron chi connectivity index (χ3n) is 9.75. The van der Waals surface area contributed by atoms with Gasteiger partial charge in [0.2, 0.25) is 5.91 Å². The predicted molar refractivity (Wildman–Crippen MR) is 119 cm³/mol. The van der Waals surface area contributed by atoms with Gasteiger partial charge >= 0.3 is 0 Å². The van der Waals surface area contributed by atoms with Gasteiger partial charge in [-0.05, 0) is 85.7 Å². The molecule has 3 N–H and O–H groups in total. The molecule has 5 fully saturated rings. The lowest BCUT2D eigenvalue weighted by Crippen LogP contribution is -2.53. The first-order chi connectivity index (χ1) is 15.0. The molecule has 1 saturated heterocycles. The summed E-state index contributed by atoms with van der Waals surface area (Å²) in [6, 6.07) is 6.29. The number of hydrogen-bond donors (Lipinski definition) is 2. The fourth-order valence-electron chi connectivity index (χ4n) is 8.87. The molecule has 3 heterocycles. The Labute approximate surface area is 183 Å². The molecule has 6 unspecified atom stereocenters. The smallest absolute Gasteiger partial charge is 0.226 e. The molecule has 0 radical (unpaired) electrons. The van der Waals surface area contributed by atoms with E-state index in [0.717, 1.165) is 61.0 Å². The summed E-state index contributed by atoms with van der Waals surface area (Å²) in [7, 11) is 0. The van der Waals surface area contributed by atoms with Crippen molar-refractivity contribution in [2.24, 2.45) is 34.3 Å². The van der Waals surface area contributed by atoms with E-state index in [2.05, 4.69) is 16.4 Å². The SMILES string of the molecule is NC1CCN(Cc2cn3c(NC(=O)CC45CC6CC7CC(C4)C5(C7)C6)cccc3n2)C1. The molecule has 2 aromatic rings. The number of fused-ring (bicyclic) bond motifs is 3. The standard InChI is InChI=1S/C25H33N5O/c26-19-4-5-29(13-19)14-20-15-30-21(27-20)2-1-3-22(30)28-23(31)12-24-8-17-6-16-7-18(11-24)25(24,9-16)10-17/h1-3,15-19H,4-14,26H2,(H,28,31). The number of nitrogens with zero attached hydrogens (tertiary/aromatic N) is 3. The molecule has 164 valence electrons. The fraction of sp³-hybridized carbons (Fsp3) is 0.680. The molecule has 7 rings (SSSR count). The Morgan fingerprint density at radius 2 is 2.10 bits per heavy atom. The van der Waals surface area contributed by atoms with Gasteiger partial charge in [0.15, 0.2) is 0 Å². The van der Waals surface area contributed by atoms with Crippen molar-refractivity contribution in [3.63, 3.8) is 0 Å². The van der Waals surface area contributed by atoms with Crippen molar-refractivity contribution >= 4 is 17.4 Å². The van der Waals surface area contributed by atoms with Gasteiger partial charge in [0.05, 0.1) is 5.69 Å². The number of hydrogen-bond acceptors (Lipinski definition) is 4. The van der Waals surface area contributed by atoms with Crippen molar-refractivity contribution in [3.05, 3.63) is 30.1 Å². The van der Waals surface area contributed by atoms with E-state index in [1.807, 2.05) is 22.6 Å². The topological polar surface area (TPSA) is 75.7 Å². The summed E-state index contributed by atoms with van der Waals surface area (Å²) < 4.78 is 2.04. The molecule has 6 nitrogen and oxygen atoms in total. The number of rotatable bonds is 5. The molecule has 6 atom stereocenters. The number of anilines is 1. The van der Waals surface area contributed by atoms with Crippen LogP contribution in [-0.2, 0) is 11.3 Å². The fourth-order valence-corrected chi connectivity index (χ4v) is 8.87. The molecule has 2 aromatic heterocycles. The van der Waals surface area contributed by atoms with Crippen molar-refractivity contribution in [2.45, 2.75) is 64.0 Å². The maximum atomic E-state index is 13.3. The summed E-state index contributed by atoms with van der Waals surface area (Å²) in [6.45, 7) is 2.79. The van der Waals surface area contributed by atoms with Gasteiger partial charge in [0, 0.05) is 38.3 Å². The van der Waals surface area contributed by atoms with Crippen LogP contribution in [0.4, 0.5) is 5.82 Å². The van der Waals surface area contributed by atoms with Gasteiger partial charge in [-0.25, -0.2) is 4.98 Å². The molecule has 0 aromatic carbocycles. The Morgan fingerprint density at radius 3 is 2.97 bits per heavy atom. The number of carbonyl (C=O) groups excluding carboxylic acids is 1. The molecule has 1 amide bonds. The van der Waals surface area contributed by atoms with E-state index in [1.54, 1.807) is 0 Å². The Morgan fingerprint density at radius 1 is 1.19 bits per heavy atom. The van der Waals surface area contributed by atoms with E-state index in [4.69, 9.17) is 10.7 Å². The molecule has 5 aliphatic rings. The molecule has 1 spiro atoms. The lowest BCUT2D eigenvalue weighted by molar-refractivity contribution is -0.136. The maximum absolute atomic E-state index is 13.3. The van der Waals surface area contributed by atoms with Crippen LogP contribution in [0.15, 0.2) is 24.4 Å². The summed E-state index contributed by atoms with van der Waals surface area (Å²) >= 11 is 0. The number of likely N-dealkylation sites (tertiary alicyclic amines) is 1. The van der Waals surface area contributed by atoms with Crippen molar-refractivity contribution in [1.82, 2.24) is 14.3 Å². The lowest BCUT2D eigenvalue weighted by Gasteiger charge is -2.59. The number of aromatic nitrogens is 2. The Bertz CT molecular complexity index is 1060. The average Bonchev–Trinajstić information content (AvgIpc) is 3.40. The number of pyridine rings is 1. The van der Waals surface area contributed by atoms with Gasteiger partial charge in [0.25, 0.3) is 0 Å². The second kappa shape index (κ2) is 6.32. The second-order valence-electron chi connectivity index (χ2n) is 11.5. The summed E-state index contributed by atoms with van der Waals surface area (Å²) in [4.78, 5) is 20.4. The molecule has 1 aliphatic heterocycles. The van der Waals surface area contributed by atoms with Gasteiger partial charge < -0.3 is 11.1 Å². The highest BCUT2D eigenvalue weighted by molar-refractivity contribution is 5.91. The van der Waals surface area contributed by atoms with E-state index in [-0.39, 0.29) is 11.9 Å². The van der Waals surface area contributed by atoms with Crippen LogP contribution >= 0.6 is 0 Å². The highest BCUT2D eigenvalue weighted by Gasteiger charge is 2.74. The van der Waals surface area contributed by atoms with Crippen LogP contribution in [-0.4, -0.2) is 39.3 Å².